The molecule has 0 saturated carbocycles. The normalized spacial score (nSPS) is 10.9. The monoisotopic (exact) mass is 524 g/mol. The molecule has 0 aromatic heterocycles. The van der Waals surface area contributed by atoms with Gasteiger partial charge in [-0.15, -0.1) is 0 Å². The number of rotatable bonds is 20. The van der Waals surface area contributed by atoms with Gasteiger partial charge in [0.05, 0.1) is 24.3 Å². The topological polar surface area (TPSA) is 52.6 Å². The second kappa shape index (κ2) is 20.1. The van der Waals surface area contributed by atoms with Gasteiger partial charge in [-0.3, -0.25) is 0 Å². The van der Waals surface area contributed by atoms with Gasteiger partial charge in [-0.1, -0.05) is 110 Å². The Balaban J connectivity index is 2.28. The summed E-state index contributed by atoms with van der Waals surface area (Å²) in [6.45, 7) is 5.27. The maximum absolute atomic E-state index is 12.5. The van der Waals surface area contributed by atoms with E-state index in [1.807, 2.05) is 0 Å². The van der Waals surface area contributed by atoms with Crippen molar-refractivity contribution in [3.8, 4) is 0 Å². The van der Waals surface area contributed by atoms with E-state index < -0.39 is 11.9 Å². The number of unbranched alkanes of at least 4 members (excludes halogenated alkanes) is 14. The van der Waals surface area contributed by atoms with Gasteiger partial charge < -0.3 is 9.47 Å². The number of benzene rings is 1. The molecule has 188 valence electrons. The molecule has 0 aliphatic heterocycles. The Kier molecular flexibility index (Phi) is 18.0. The lowest BCUT2D eigenvalue weighted by Gasteiger charge is -2.10. The van der Waals surface area contributed by atoms with Crippen LogP contribution in [0.2, 0.25) is 0 Å². The first-order valence-corrected chi connectivity index (χ1v) is 14.0. The molecule has 0 atom stereocenters. The average molecular weight is 526 g/mol. The molecule has 4 nitrogen and oxygen atoms in total. The van der Waals surface area contributed by atoms with Crippen molar-refractivity contribution in [1.29, 1.82) is 0 Å². The predicted molar refractivity (Wildman–Crippen MR) is 140 cm³/mol. The summed E-state index contributed by atoms with van der Waals surface area (Å²) in [5, 5.41) is 0. The van der Waals surface area contributed by atoms with Crippen LogP contribution in [0.5, 0.6) is 0 Å². The Bertz CT molecular complexity index is 607. The number of hydrogen-bond acceptors (Lipinski definition) is 4. The van der Waals surface area contributed by atoms with Crippen molar-refractivity contribution < 1.29 is 19.1 Å². The van der Waals surface area contributed by atoms with Crippen LogP contribution < -0.4 is 0 Å². The zero-order valence-electron chi connectivity index (χ0n) is 21.0. The van der Waals surface area contributed by atoms with Gasteiger partial charge in [0.25, 0.3) is 0 Å². The molecule has 0 N–H and O–H groups in total. The molecule has 0 heterocycles. The molecule has 0 saturated heterocycles. The third-order valence-electron chi connectivity index (χ3n) is 5.90. The summed E-state index contributed by atoms with van der Waals surface area (Å²) in [7, 11) is 0. The van der Waals surface area contributed by atoms with Crippen LogP contribution in [0, 0.1) is 0 Å². The van der Waals surface area contributed by atoms with Crippen LogP contribution in [0.1, 0.15) is 137 Å². The molecule has 0 bridgehead atoms. The zero-order valence-corrected chi connectivity index (χ0v) is 22.6. The van der Waals surface area contributed by atoms with Gasteiger partial charge in [0.1, 0.15) is 0 Å². The van der Waals surface area contributed by atoms with E-state index >= 15 is 0 Å². The molecular weight excluding hydrogens is 480 g/mol. The Labute approximate surface area is 210 Å². The highest BCUT2D eigenvalue weighted by Crippen LogP contribution is 2.24. The van der Waals surface area contributed by atoms with Gasteiger partial charge in [0.15, 0.2) is 0 Å². The predicted octanol–water partition coefficient (Wildman–Crippen LogP) is 9.04. The Morgan fingerprint density at radius 1 is 0.606 bits per heavy atom. The van der Waals surface area contributed by atoms with E-state index in [1.54, 1.807) is 18.2 Å². The summed E-state index contributed by atoms with van der Waals surface area (Å²) in [5.41, 5.74) is 0.743. The second-order valence-electron chi connectivity index (χ2n) is 8.89. The number of halogens is 1. The molecule has 0 amide bonds. The lowest BCUT2D eigenvalue weighted by molar-refractivity contribution is 0.0494. The van der Waals surface area contributed by atoms with Crippen molar-refractivity contribution in [3.05, 3.63) is 33.8 Å². The number of ether oxygens (including phenoxy) is 2. The first kappa shape index (κ1) is 29.7. The molecule has 1 rings (SSSR count). The van der Waals surface area contributed by atoms with Crippen LogP contribution in [-0.2, 0) is 9.47 Å². The third-order valence-corrected chi connectivity index (χ3v) is 6.75. The van der Waals surface area contributed by atoms with E-state index in [-0.39, 0.29) is 0 Å². The Morgan fingerprint density at radius 2 is 0.939 bits per heavy atom. The molecule has 33 heavy (non-hydrogen) atoms. The van der Waals surface area contributed by atoms with Crippen molar-refractivity contribution in [3.63, 3.8) is 0 Å². The highest BCUT2D eigenvalue weighted by Gasteiger charge is 2.19. The van der Waals surface area contributed by atoms with Crippen LogP contribution >= 0.6 is 15.9 Å². The fourth-order valence-electron chi connectivity index (χ4n) is 3.80. The molecule has 5 heteroatoms. The van der Waals surface area contributed by atoms with Crippen molar-refractivity contribution in [2.45, 2.75) is 117 Å². The van der Waals surface area contributed by atoms with Gasteiger partial charge in [-0.05, 0) is 40.9 Å². The van der Waals surface area contributed by atoms with E-state index in [2.05, 4.69) is 29.8 Å². The lowest BCUT2D eigenvalue weighted by Crippen LogP contribution is -2.12. The van der Waals surface area contributed by atoms with E-state index in [0.29, 0.717) is 28.8 Å². The fourth-order valence-corrected chi connectivity index (χ4v) is 4.39. The molecule has 0 fully saturated rings. The fraction of sp³-hybridized carbons (Fsp3) is 0.714. The van der Waals surface area contributed by atoms with Crippen molar-refractivity contribution in [1.82, 2.24) is 0 Å². The largest absolute Gasteiger partial charge is 0.462 e. The molecule has 0 unspecified atom stereocenters. The van der Waals surface area contributed by atoms with E-state index in [0.717, 1.165) is 25.7 Å². The Hall–Kier alpha value is -1.36. The van der Waals surface area contributed by atoms with Crippen LogP contribution in [0.15, 0.2) is 22.7 Å². The number of carbonyl (C=O) groups excluding carboxylic acids is 2. The standard InChI is InChI=1S/C28H45BrO4/c1-3-5-7-9-11-13-15-17-22-32-27(30)24-20-19-21-25(26(24)29)28(31)33-23-18-16-14-12-10-8-6-4-2/h19-21H,3-18,22-23H2,1-2H3. The van der Waals surface area contributed by atoms with Gasteiger partial charge in [0, 0.05) is 4.47 Å². The average Bonchev–Trinajstić information content (AvgIpc) is 2.81. The number of esters is 2. The van der Waals surface area contributed by atoms with Gasteiger partial charge in [0.2, 0.25) is 0 Å². The van der Waals surface area contributed by atoms with Gasteiger partial charge in [-0.2, -0.15) is 0 Å². The first-order chi connectivity index (χ1) is 16.1. The third kappa shape index (κ3) is 13.8. The maximum atomic E-state index is 12.5. The molecule has 0 radical (unpaired) electrons. The molecule has 0 aliphatic rings. The first-order valence-electron chi connectivity index (χ1n) is 13.2. The highest BCUT2D eigenvalue weighted by atomic mass is 79.9. The lowest BCUT2D eigenvalue weighted by atomic mass is 10.1. The second-order valence-corrected chi connectivity index (χ2v) is 9.68. The molecule has 1 aromatic rings. The minimum Gasteiger partial charge on any atom is -0.462 e. The minimum atomic E-state index is -0.400. The van der Waals surface area contributed by atoms with E-state index in [9.17, 15) is 9.59 Å². The number of hydrogen-bond donors (Lipinski definition) is 0. The Morgan fingerprint density at radius 3 is 1.30 bits per heavy atom. The van der Waals surface area contributed by atoms with Gasteiger partial charge >= 0.3 is 11.9 Å². The molecule has 0 spiro atoms. The number of carbonyl (C=O) groups is 2. The van der Waals surface area contributed by atoms with Crippen LogP contribution in [0.25, 0.3) is 0 Å². The SMILES string of the molecule is CCCCCCCCCCOC(=O)c1cccc(C(=O)OCCCCCCCCCC)c1Br. The highest BCUT2D eigenvalue weighted by molar-refractivity contribution is 9.10. The quantitative estimate of drug-likeness (QED) is 0.126. The van der Waals surface area contributed by atoms with Crippen LogP contribution in [0.3, 0.4) is 0 Å². The van der Waals surface area contributed by atoms with Crippen molar-refractivity contribution >= 4 is 27.9 Å². The summed E-state index contributed by atoms with van der Waals surface area (Å²) < 4.78 is 11.3. The molecular formula is C28H45BrO4. The van der Waals surface area contributed by atoms with Crippen molar-refractivity contribution in [2.24, 2.45) is 0 Å². The summed E-state index contributed by atoms with van der Waals surface area (Å²) in [5.74, 6) is -0.801. The van der Waals surface area contributed by atoms with E-state index in [1.165, 1.54) is 77.0 Å². The van der Waals surface area contributed by atoms with Gasteiger partial charge in [-0.25, -0.2) is 9.59 Å². The molecule has 0 aliphatic carbocycles. The van der Waals surface area contributed by atoms with Crippen molar-refractivity contribution in [2.75, 3.05) is 13.2 Å². The minimum absolute atomic E-state index is 0.371. The summed E-state index contributed by atoms with van der Waals surface area (Å²) in [6.07, 6.45) is 19.2. The van der Waals surface area contributed by atoms with E-state index in [4.69, 9.17) is 9.47 Å². The summed E-state index contributed by atoms with van der Waals surface area (Å²) >= 11 is 3.41. The van der Waals surface area contributed by atoms with Crippen LogP contribution in [-0.4, -0.2) is 25.2 Å². The smallest absolute Gasteiger partial charge is 0.339 e. The maximum Gasteiger partial charge on any atom is 0.339 e. The van der Waals surface area contributed by atoms with Crippen LogP contribution in [0.4, 0.5) is 0 Å². The summed E-state index contributed by atoms with van der Waals surface area (Å²) in [4.78, 5) is 24.9. The summed E-state index contributed by atoms with van der Waals surface area (Å²) in [6, 6.07) is 5.05. The molecule has 1 aromatic carbocycles. The zero-order chi connectivity index (χ0) is 24.2.